The molecule has 60 heavy (non-hydrogen) atoms. The summed E-state index contributed by atoms with van der Waals surface area (Å²) in [5.41, 5.74) is 1.78. The zero-order valence-electron chi connectivity index (χ0n) is 34.6. The molecule has 0 aliphatic carbocycles. The summed E-state index contributed by atoms with van der Waals surface area (Å²) in [5, 5.41) is 10.3. The molecule has 4 heterocycles. The van der Waals surface area contributed by atoms with E-state index in [0.29, 0.717) is 106 Å². The lowest BCUT2D eigenvalue weighted by atomic mass is 9.85. The first-order valence-corrected chi connectivity index (χ1v) is 24.6. The lowest BCUT2D eigenvalue weighted by Gasteiger charge is -2.43. The highest BCUT2D eigenvalue weighted by Gasteiger charge is 2.39. The van der Waals surface area contributed by atoms with Crippen LogP contribution in [0.3, 0.4) is 0 Å². The SMILES string of the molecule is CCN1c2cc3c(cc2C(CS(=O)(=O)[O-])=CC1(C)C)C(c1n(CCCCCC(=O)O)cc[n+]1CCCS(=O)(=O)[O-])=c1cc2c(cc1O3)=[N+](CC)C(C)(C)C=C2CS(=O)(=O)[O-]. The van der Waals surface area contributed by atoms with Crippen LogP contribution in [0.2, 0.25) is 0 Å². The molecule has 0 amide bonds. The van der Waals surface area contributed by atoms with Gasteiger partial charge in [0.2, 0.25) is 5.36 Å². The Kier molecular flexibility index (Phi) is 12.4. The second kappa shape index (κ2) is 16.5. The van der Waals surface area contributed by atoms with E-state index in [9.17, 15) is 48.8 Å². The quantitative estimate of drug-likeness (QED) is 0.0914. The molecule has 6 rings (SSSR count). The van der Waals surface area contributed by atoms with Crippen LogP contribution in [-0.4, -0.2) is 96.0 Å². The normalized spacial score (nSPS) is 16.9. The number of hydrogen-bond donors (Lipinski definition) is 1. The molecule has 1 N–H and O–H groups in total. The zero-order valence-corrected chi connectivity index (χ0v) is 37.0. The minimum absolute atomic E-state index is 0.00504. The summed E-state index contributed by atoms with van der Waals surface area (Å²) in [4.78, 5) is 13.3. The number of carboxylic acids is 1. The van der Waals surface area contributed by atoms with Crippen molar-refractivity contribution in [1.82, 2.24) is 9.14 Å². The van der Waals surface area contributed by atoms with Gasteiger partial charge in [-0.05, 0) is 82.7 Å². The summed E-state index contributed by atoms with van der Waals surface area (Å²) in [5.74, 6) is -1.79. The van der Waals surface area contributed by atoms with Crippen LogP contribution in [-0.2, 0) is 48.2 Å². The van der Waals surface area contributed by atoms with Gasteiger partial charge in [0.1, 0.15) is 30.4 Å². The van der Waals surface area contributed by atoms with Gasteiger partial charge in [-0.2, -0.15) is 0 Å². The molecule has 3 aliphatic heterocycles. The summed E-state index contributed by atoms with van der Waals surface area (Å²) in [7, 11) is -14.1. The van der Waals surface area contributed by atoms with Gasteiger partial charge < -0.3 is 28.4 Å². The van der Waals surface area contributed by atoms with E-state index in [1.165, 1.54) is 0 Å². The molecule has 0 bridgehead atoms. The highest BCUT2D eigenvalue weighted by molar-refractivity contribution is 7.86. The molecule has 3 aromatic rings. The minimum Gasteiger partial charge on any atom is -0.748 e. The number of nitrogens with zero attached hydrogens (tertiary/aromatic N) is 4. The number of aromatic nitrogens is 2. The topological polar surface area (TPSA) is 233 Å². The number of likely N-dealkylation sites (N-methyl/N-ethyl adjacent to an activating group) is 2. The van der Waals surface area contributed by atoms with Gasteiger partial charge in [-0.3, -0.25) is 4.79 Å². The summed E-state index contributed by atoms with van der Waals surface area (Å²) >= 11 is 0. The molecule has 0 saturated carbocycles. The molecule has 19 heteroatoms. The number of rotatable bonds is 17. The molecule has 0 unspecified atom stereocenters. The lowest BCUT2D eigenvalue weighted by molar-refractivity contribution is -0.698. The molecule has 0 spiro atoms. The fourth-order valence-electron chi connectivity index (χ4n) is 8.99. The molecular formula is C41H51N4O12S3-. The van der Waals surface area contributed by atoms with E-state index in [4.69, 9.17) is 4.74 Å². The lowest BCUT2D eigenvalue weighted by Crippen LogP contribution is -2.50. The number of carbonyl (C=O) groups is 1. The third-order valence-corrected chi connectivity index (χ3v) is 13.4. The van der Waals surface area contributed by atoms with Gasteiger partial charge in [0.05, 0.1) is 77.7 Å². The van der Waals surface area contributed by atoms with Crippen LogP contribution in [0.25, 0.3) is 16.7 Å². The van der Waals surface area contributed by atoms with E-state index in [2.05, 4.69) is 9.48 Å². The summed E-state index contributed by atoms with van der Waals surface area (Å²) in [6.45, 7) is 13.1. The molecule has 0 saturated heterocycles. The molecule has 0 radical (unpaired) electrons. The molecule has 2 aromatic carbocycles. The van der Waals surface area contributed by atoms with Gasteiger partial charge in [-0.15, -0.1) is 0 Å². The summed E-state index contributed by atoms with van der Waals surface area (Å²) < 4.78 is 122. The molecule has 0 atom stereocenters. The summed E-state index contributed by atoms with van der Waals surface area (Å²) in [6.07, 6.45) is 8.60. The Hall–Kier alpha value is -4.40. The molecule has 3 aliphatic rings. The smallest absolute Gasteiger partial charge is 0.303 e. The maximum atomic E-state index is 12.4. The Morgan fingerprint density at radius 3 is 2.07 bits per heavy atom. The predicted octanol–water partition coefficient (Wildman–Crippen LogP) is 2.49. The van der Waals surface area contributed by atoms with Crippen molar-refractivity contribution in [2.24, 2.45) is 0 Å². The highest BCUT2D eigenvalue weighted by atomic mass is 32.2. The van der Waals surface area contributed by atoms with Crippen LogP contribution in [0.4, 0.5) is 5.69 Å². The van der Waals surface area contributed by atoms with E-state index in [-0.39, 0.29) is 19.4 Å². The first-order valence-electron chi connectivity index (χ1n) is 19.8. The van der Waals surface area contributed by atoms with E-state index < -0.39 is 64.7 Å². The monoisotopic (exact) mass is 887 g/mol. The van der Waals surface area contributed by atoms with Crippen LogP contribution in [0.1, 0.15) is 96.2 Å². The number of imidazole rings is 1. The van der Waals surface area contributed by atoms with Crippen LogP contribution in [0.5, 0.6) is 11.5 Å². The maximum Gasteiger partial charge on any atom is 0.303 e. The average Bonchev–Trinajstić information content (AvgIpc) is 3.48. The second-order valence-electron chi connectivity index (χ2n) is 16.6. The molecule has 16 nitrogen and oxygen atoms in total. The molecular weight excluding hydrogens is 837 g/mol. The Bertz CT molecular complexity index is 2790. The highest BCUT2D eigenvalue weighted by Crippen LogP contribution is 2.46. The fourth-order valence-corrected chi connectivity index (χ4v) is 10.7. The van der Waals surface area contributed by atoms with Gasteiger partial charge in [0.25, 0.3) is 5.82 Å². The number of carboxylic acid groups (broad SMARTS) is 1. The van der Waals surface area contributed by atoms with Crippen LogP contribution in [0.15, 0.2) is 48.8 Å². The molecule has 0 fully saturated rings. The van der Waals surface area contributed by atoms with Crippen molar-refractivity contribution in [3.63, 3.8) is 0 Å². The second-order valence-corrected chi connectivity index (χ2v) is 20.9. The van der Waals surface area contributed by atoms with Gasteiger partial charge >= 0.3 is 5.97 Å². The van der Waals surface area contributed by atoms with E-state index >= 15 is 0 Å². The van der Waals surface area contributed by atoms with Crippen molar-refractivity contribution in [3.05, 3.63) is 81.9 Å². The number of benzene rings is 2. The Morgan fingerprint density at radius 1 is 0.800 bits per heavy atom. The average molecular weight is 888 g/mol. The Balaban J connectivity index is 1.73. The first-order chi connectivity index (χ1) is 27.8. The van der Waals surface area contributed by atoms with E-state index in [0.717, 1.165) is 0 Å². The molecule has 1 aromatic heterocycles. The van der Waals surface area contributed by atoms with Crippen molar-refractivity contribution in [3.8, 4) is 11.5 Å². The van der Waals surface area contributed by atoms with E-state index in [1.807, 2.05) is 58.2 Å². The summed E-state index contributed by atoms with van der Waals surface area (Å²) in [6, 6.07) is 7.17. The van der Waals surface area contributed by atoms with E-state index in [1.54, 1.807) is 41.2 Å². The zero-order chi connectivity index (χ0) is 44.2. The Labute approximate surface area is 351 Å². The van der Waals surface area contributed by atoms with Gasteiger partial charge in [-0.25, -0.2) is 39.0 Å². The number of aliphatic carboxylic acids is 1. The van der Waals surface area contributed by atoms with Gasteiger partial charge in [-0.1, -0.05) is 6.08 Å². The first kappa shape index (κ1) is 45.1. The van der Waals surface area contributed by atoms with Crippen molar-refractivity contribution in [2.75, 3.05) is 35.2 Å². The number of fused-ring (bicyclic) bond motifs is 4. The Morgan fingerprint density at radius 2 is 1.47 bits per heavy atom. The number of hydrogen-bond acceptors (Lipinski definition) is 12. The third kappa shape index (κ3) is 9.71. The van der Waals surface area contributed by atoms with Crippen LogP contribution >= 0.6 is 0 Å². The predicted molar refractivity (Wildman–Crippen MR) is 222 cm³/mol. The number of unbranched alkanes of at least 4 members (excludes halogenated alkanes) is 2. The largest absolute Gasteiger partial charge is 0.748 e. The third-order valence-electron chi connectivity index (χ3n) is 11.2. The fraction of sp³-hybridized carbons (Fsp3) is 0.488. The minimum atomic E-state index is -4.75. The van der Waals surface area contributed by atoms with Crippen molar-refractivity contribution in [1.29, 1.82) is 0 Å². The van der Waals surface area contributed by atoms with Crippen molar-refractivity contribution < 1.29 is 58.1 Å². The standard InChI is InChI=1S/C41H52N4O12S3/c1-7-44-33-21-35-31(19-29(33)27(23-40(44,3)4)25-59(51,52)53)38(39-42(14-11-9-10-13-37(46)47)16-17-43(39)15-12-18-58(48,49)50)32-20-30-28(26-60(54,55)56)24-41(5,6)45(8-2)34(30)22-36(32)57-35/h16-17,19-24H,7-15,18,25-26H2,1-6H3,(H2-2,46,47,48,49,50,51,52,53,54,55,56)/p-1. The maximum absolute atomic E-state index is 12.4. The van der Waals surface area contributed by atoms with Crippen molar-refractivity contribution in [2.45, 2.75) is 97.8 Å². The van der Waals surface area contributed by atoms with Gasteiger partial charge in [0.15, 0.2) is 5.54 Å². The van der Waals surface area contributed by atoms with Crippen LogP contribution < -0.4 is 29.4 Å². The molecule has 326 valence electrons. The van der Waals surface area contributed by atoms with Crippen LogP contribution in [0, 0.1) is 0 Å². The number of aryl methyl sites for hydroxylation is 2. The number of ether oxygens (including phenoxy) is 1. The van der Waals surface area contributed by atoms with Crippen molar-refractivity contribution >= 4 is 58.7 Å². The number of anilines is 1. The van der Waals surface area contributed by atoms with Gasteiger partial charge in [0, 0.05) is 60.7 Å².